The summed E-state index contributed by atoms with van der Waals surface area (Å²) in [4.78, 5) is 15.1. The van der Waals surface area contributed by atoms with Crippen molar-refractivity contribution in [3.8, 4) is 0 Å². The fourth-order valence-electron chi connectivity index (χ4n) is 4.72. The molecule has 0 bridgehead atoms. The summed E-state index contributed by atoms with van der Waals surface area (Å²) in [5, 5.41) is 0. The number of ether oxygens (including phenoxy) is 3. The lowest BCUT2D eigenvalue weighted by Crippen LogP contribution is -2.70. The van der Waals surface area contributed by atoms with E-state index >= 15 is 0 Å². The molecular weight excluding hydrogens is 414 g/mol. The number of benzene rings is 3. The van der Waals surface area contributed by atoms with Crippen LogP contribution in [0.25, 0.3) is 0 Å². The van der Waals surface area contributed by atoms with Gasteiger partial charge >= 0.3 is 0 Å². The SMILES string of the molecule is CC1(C)O[C@H]([C@H]2[C@@H](OCc3ccccc3)C(=O)N2Cc2ccccc2)[C@@H](c2ccccc2)O1. The zero-order valence-corrected chi connectivity index (χ0v) is 19.0. The summed E-state index contributed by atoms with van der Waals surface area (Å²) >= 11 is 0. The molecule has 33 heavy (non-hydrogen) atoms. The minimum atomic E-state index is -0.758. The molecule has 0 saturated carbocycles. The molecule has 5 heteroatoms. The molecular formula is C28H29NO4. The third-order valence-corrected chi connectivity index (χ3v) is 6.26. The standard InChI is InChI=1S/C28H29NO4/c1-28(2)32-24(22-16-10-5-11-17-22)25(33-28)23-26(31-19-21-14-8-4-9-15-21)27(30)29(23)18-20-12-6-3-7-13-20/h3-17,23-26H,18-19H2,1-2H3/t23-,24+,25+,26+/m0/s1. The summed E-state index contributed by atoms with van der Waals surface area (Å²) < 4.78 is 19.0. The maximum Gasteiger partial charge on any atom is 0.254 e. The van der Waals surface area contributed by atoms with Crippen LogP contribution >= 0.6 is 0 Å². The third kappa shape index (κ3) is 4.58. The highest BCUT2D eigenvalue weighted by molar-refractivity contribution is 5.88. The summed E-state index contributed by atoms with van der Waals surface area (Å²) in [5.41, 5.74) is 3.15. The molecule has 2 saturated heterocycles. The number of hydrogen-bond donors (Lipinski definition) is 0. The van der Waals surface area contributed by atoms with Crippen LogP contribution in [0.2, 0.25) is 0 Å². The Morgan fingerprint density at radius 1 is 0.818 bits per heavy atom. The molecule has 0 N–H and O–H groups in total. The van der Waals surface area contributed by atoms with Crippen molar-refractivity contribution in [1.29, 1.82) is 0 Å². The molecule has 0 aromatic heterocycles. The topological polar surface area (TPSA) is 48.0 Å². The molecule has 0 unspecified atom stereocenters. The molecule has 1 amide bonds. The van der Waals surface area contributed by atoms with E-state index in [1.807, 2.05) is 110 Å². The number of rotatable bonds is 7. The van der Waals surface area contributed by atoms with Gasteiger partial charge in [-0.1, -0.05) is 91.0 Å². The highest BCUT2D eigenvalue weighted by Gasteiger charge is 2.58. The van der Waals surface area contributed by atoms with E-state index in [1.54, 1.807) is 0 Å². The predicted molar refractivity (Wildman–Crippen MR) is 125 cm³/mol. The van der Waals surface area contributed by atoms with Gasteiger partial charge in [0.25, 0.3) is 5.91 Å². The number of likely N-dealkylation sites (tertiary alicyclic amines) is 1. The second-order valence-electron chi connectivity index (χ2n) is 9.09. The van der Waals surface area contributed by atoms with Gasteiger partial charge in [0.15, 0.2) is 11.9 Å². The van der Waals surface area contributed by atoms with Crippen molar-refractivity contribution in [1.82, 2.24) is 4.90 Å². The molecule has 2 aliphatic heterocycles. The van der Waals surface area contributed by atoms with Crippen LogP contribution < -0.4 is 0 Å². The van der Waals surface area contributed by atoms with Gasteiger partial charge in [0, 0.05) is 6.54 Å². The molecule has 3 aromatic rings. The second kappa shape index (κ2) is 9.10. The molecule has 2 fully saturated rings. The molecule has 2 aliphatic rings. The van der Waals surface area contributed by atoms with Gasteiger partial charge in [-0.15, -0.1) is 0 Å². The maximum absolute atomic E-state index is 13.3. The third-order valence-electron chi connectivity index (χ3n) is 6.26. The van der Waals surface area contributed by atoms with Gasteiger partial charge in [0.1, 0.15) is 12.2 Å². The first-order valence-corrected chi connectivity index (χ1v) is 11.4. The van der Waals surface area contributed by atoms with Crippen molar-refractivity contribution in [2.24, 2.45) is 0 Å². The van der Waals surface area contributed by atoms with Gasteiger partial charge in [-0.25, -0.2) is 0 Å². The van der Waals surface area contributed by atoms with E-state index in [1.165, 1.54) is 0 Å². The minimum absolute atomic E-state index is 0.0140. The molecule has 5 rings (SSSR count). The van der Waals surface area contributed by atoms with E-state index < -0.39 is 11.9 Å². The van der Waals surface area contributed by atoms with Gasteiger partial charge in [-0.05, 0) is 30.5 Å². The Balaban J connectivity index is 1.43. The van der Waals surface area contributed by atoms with Crippen LogP contribution in [0.5, 0.6) is 0 Å². The van der Waals surface area contributed by atoms with Gasteiger partial charge in [-0.3, -0.25) is 4.79 Å². The fraction of sp³-hybridized carbons (Fsp3) is 0.321. The van der Waals surface area contributed by atoms with Crippen LogP contribution in [-0.2, 0) is 32.2 Å². The highest BCUT2D eigenvalue weighted by atomic mass is 16.8. The Bertz CT molecular complexity index is 1070. The lowest BCUT2D eigenvalue weighted by Gasteiger charge is -2.49. The first kappa shape index (κ1) is 21.8. The number of carbonyl (C=O) groups excluding carboxylic acids is 1. The number of nitrogens with zero attached hydrogens (tertiary/aromatic N) is 1. The minimum Gasteiger partial charge on any atom is -0.361 e. The van der Waals surface area contributed by atoms with Crippen molar-refractivity contribution in [2.45, 2.75) is 57.1 Å². The molecule has 0 radical (unpaired) electrons. The number of carbonyl (C=O) groups is 1. The average molecular weight is 444 g/mol. The first-order chi connectivity index (χ1) is 16.0. The van der Waals surface area contributed by atoms with E-state index in [0.29, 0.717) is 13.2 Å². The molecule has 170 valence electrons. The Labute approximate surface area is 194 Å². The van der Waals surface area contributed by atoms with Gasteiger partial charge in [-0.2, -0.15) is 0 Å². The van der Waals surface area contributed by atoms with E-state index in [0.717, 1.165) is 16.7 Å². The number of β-lactam (4-membered cyclic amide) rings is 1. The Morgan fingerprint density at radius 3 is 2.03 bits per heavy atom. The van der Waals surface area contributed by atoms with Crippen LogP contribution in [0.1, 0.15) is 36.6 Å². The van der Waals surface area contributed by atoms with E-state index in [9.17, 15) is 4.79 Å². The van der Waals surface area contributed by atoms with E-state index in [4.69, 9.17) is 14.2 Å². The quantitative estimate of drug-likeness (QED) is 0.489. The zero-order valence-electron chi connectivity index (χ0n) is 19.0. The number of hydrogen-bond acceptors (Lipinski definition) is 4. The summed E-state index contributed by atoms with van der Waals surface area (Å²) in [7, 11) is 0. The van der Waals surface area contributed by atoms with Gasteiger partial charge < -0.3 is 19.1 Å². The predicted octanol–water partition coefficient (Wildman–Crippen LogP) is 4.88. The Kier molecular flexibility index (Phi) is 6.02. The molecule has 0 spiro atoms. The second-order valence-corrected chi connectivity index (χ2v) is 9.09. The van der Waals surface area contributed by atoms with Crippen LogP contribution in [0.15, 0.2) is 91.0 Å². The fourth-order valence-corrected chi connectivity index (χ4v) is 4.72. The highest BCUT2D eigenvalue weighted by Crippen LogP contribution is 2.45. The summed E-state index contributed by atoms with van der Waals surface area (Å²) in [6.45, 7) is 4.73. The maximum atomic E-state index is 13.3. The van der Waals surface area contributed by atoms with Crippen molar-refractivity contribution in [3.05, 3.63) is 108 Å². The van der Waals surface area contributed by atoms with Gasteiger partial charge in [0.05, 0.1) is 12.6 Å². The van der Waals surface area contributed by atoms with Gasteiger partial charge in [0.2, 0.25) is 0 Å². The monoisotopic (exact) mass is 443 g/mol. The van der Waals surface area contributed by atoms with Crippen molar-refractivity contribution >= 4 is 5.91 Å². The largest absolute Gasteiger partial charge is 0.361 e. The number of amides is 1. The van der Waals surface area contributed by atoms with Crippen LogP contribution in [0.3, 0.4) is 0 Å². The molecule has 3 aromatic carbocycles. The smallest absolute Gasteiger partial charge is 0.254 e. The molecule has 2 heterocycles. The van der Waals surface area contributed by atoms with Crippen molar-refractivity contribution < 1.29 is 19.0 Å². The van der Waals surface area contributed by atoms with E-state index in [2.05, 4.69) is 0 Å². The first-order valence-electron chi connectivity index (χ1n) is 11.4. The average Bonchev–Trinajstić information content (AvgIpc) is 3.16. The summed E-state index contributed by atoms with van der Waals surface area (Å²) in [5.74, 6) is -0.772. The van der Waals surface area contributed by atoms with Crippen LogP contribution in [0.4, 0.5) is 0 Å². The molecule has 4 atom stereocenters. The van der Waals surface area contributed by atoms with E-state index in [-0.39, 0.29) is 24.2 Å². The Hall–Kier alpha value is -2.99. The lowest BCUT2D eigenvalue weighted by molar-refractivity contribution is -0.199. The Morgan fingerprint density at radius 2 is 1.39 bits per heavy atom. The van der Waals surface area contributed by atoms with Crippen molar-refractivity contribution in [2.75, 3.05) is 0 Å². The van der Waals surface area contributed by atoms with Crippen LogP contribution in [0, 0.1) is 0 Å². The summed E-state index contributed by atoms with van der Waals surface area (Å²) in [6.07, 6.45) is -1.22. The summed E-state index contributed by atoms with van der Waals surface area (Å²) in [6, 6.07) is 29.8. The normalized spacial score (nSPS) is 26.2. The van der Waals surface area contributed by atoms with Crippen molar-refractivity contribution in [3.63, 3.8) is 0 Å². The molecule has 0 aliphatic carbocycles. The molecule has 5 nitrogen and oxygen atoms in total. The van der Waals surface area contributed by atoms with Crippen LogP contribution in [-0.4, -0.2) is 34.8 Å². The lowest BCUT2D eigenvalue weighted by atomic mass is 9.86. The zero-order chi connectivity index (χ0) is 22.8.